The van der Waals surface area contributed by atoms with Gasteiger partial charge in [0.2, 0.25) is 0 Å². The first-order chi connectivity index (χ1) is 12.1. The third-order valence-electron chi connectivity index (χ3n) is 4.34. The molecule has 0 heterocycles. The van der Waals surface area contributed by atoms with Crippen molar-refractivity contribution in [2.45, 2.75) is 25.4 Å². The van der Waals surface area contributed by atoms with Gasteiger partial charge in [0.15, 0.2) is 0 Å². The summed E-state index contributed by atoms with van der Waals surface area (Å²) in [4.78, 5) is 24.4. The number of benzene rings is 2. The predicted octanol–water partition coefficient (Wildman–Crippen LogP) is 2.61. The molecule has 0 aliphatic heterocycles. The highest BCUT2D eigenvalue weighted by Gasteiger charge is 2.39. The molecule has 0 aliphatic carbocycles. The Labute approximate surface area is 148 Å². The Morgan fingerprint density at radius 2 is 1.80 bits per heavy atom. The summed E-state index contributed by atoms with van der Waals surface area (Å²) in [5, 5.41) is 5.96. The largest absolute Gasteiger partial charge is 0.467 e. The van der Waals surface area contributed by atoms with Crippen molar-refractivity contribution < 1.29 is 14.3 Å². The van der Waals surface area contributed by atoms with Crippen LogP contribution in [-0.4, -0.2) is 26.0 Å². The van der Waals surface area contributed by atoms with Crippen molar-refractivity contribution in [1.29, 1.82) is 0 Å². The van der Waals surface area contributed by atoms with E-state index in [2.05, 4.69) is 10.6 Å². The summed E-state index contributed by atoms with van der Waals surface area (Å²) in [6, 6.07) is 16.9. The summed E-state index contributed by atoms with van der Waals surface area (Å²) in [7, 11) is 2.99. The Hall–Kier alpha value is -2.66. The lowest BCUT2D eigenvalue weighted by Gasteiger charge is -2.31. The minimum atomic E-state index is -0.932. The highest BCUT2D eigenvalue weighted by Crippen LogP contribution is 2.27. The molecule has 0 aliphatic rings. The van der Waals surface area contributed by atoms with Gasteiger partial charge in [0.1, 0.15) is 5.54 Å². The van der Waals surface area contributed by atoms with Crippen molar-refractivity contribution in [3.8, 4) is 0 Å². The van der Waals surface area contributed by atoms with E-state index >= 15 is 0 Å². The van der Waals surface area contributed by atoms with E-state index in [0.717, 1.165) is 11.1 Å². The second-order valence-corrected chi connectivity index (χ2v) is 5.75. The first kappa shape index (κ1) is 18.7. The molecule has 132 valence electrons. The van der Waals surface area contributed by atoms with Crippen LogP contribution in [0.15, 0.2) is 54.6 Å². The normalized spacial score (nSPS) is 12.9. The SMILES string of the molecule is CC[C@](NCc1cccc(C(=O)NC)c1)(C(=O)OC)c1ccccc1. The van der Waals surface area contributed by atoms with Crippen LogP contribution in [0.2, 0.25) is 0 Å². The molecule has 0 radical (unpaired) electrons. The Balaban J connectivity index is 2.29. The van der Waals surface area contributed by atoms with Crippen LogP contribution >= 0.6 is 0 Å². The third-order valence-corrected chi connectivity index (χ3v) is 4.34. The monoisotopic (exact) mass is 340 g/mol. The van der Waals surface area contributed by atoms with Crippen LogP contribution in [0, 0.1) is 0 Å². The molecule has 2 aromatic rings. The van der Waals surface area contributed by atoms with Crippen LogP contribution in [0.3, 0.4) is 0 Å². The maximum atomic E-state index is 12.6. The molecule has 0 saturated carbocycles. The first-order valence-corrected chi connectivity index (χ1v) is 8.27. The van der Waals surface area contributed by atoms with Crippen molar-refractivity contribution >= 4 is 11.9 Å². The predicted molar refractivity (Wildman–Crippen MR) is 97.1 cm³/mol. The van der Waals surface area contributed by atoms with Gasteiger partial charge in [0.25, 0.3) is 5.91 Å². The fraction of sp³-hybridized carbons (Fsp3) is 0.300. The van der Waals surface area contributed by atoms with E-state index in [0.29, 0.717) is 18.5 Å². The number of rotatable bonds is 7. The third kappa shape index (κ3) is 4.06. The van der Waals surface area contributed by atoms with Crippen molar-refractivity contribution in [1.82, 2.24) is 10.6 Å². The average molecular weight is 340 g/mol. The lowest BCUT2D eigenvalue weighted by Crippen LogP contribution is -2.49. The quantitative estimate of drug-likeness (QED) is 0.761. The Morgan fingerprint density at radius 3 is 2.40 bits per heavy atom. The molecule has 5 nitrogen and oxygen atoms in total. The van der Waals surface area contributed by atoms with Crippen LogP contribution in [0.1, 0.15) is 34.8 Å². The molecule has 2 N–H and O–H groups in total. The van der Waals surface area contributed by atoms with E-state index in [4.69, 9.17) is 4.74 Å². The second-order valence-electron chi connectivity index (χ2n) is 5.75. The van der Waals surface area contributed by atoms with Crippen LogP contribution in [0.25, 0.3) is 0 Å². The van der Waals surface area contributed by atoms with Crippen molar-refractivity contribution in [2.24, 2.45) is 0 Å². The van der Waals surface area contributed by atoms with Gasteiger partial charge in [-0.3, -0.25) is 10.1 Å². The molecular formula is C20H24N2O3. The molecule has 0 aromatic heterocycles. The van der Waals surface area contributed by atoms with Crippen molar-refractivity contribution in [3.05, 3.63) is 71.3 Å². The molecule has 0 fully saturated rings. The highest BCUT2D eigenvalue weighted by atomic mass is 16.5. The Kier molecular flexibility index (Phi) is 6.31. The number of methoxy groups -OCH3 is 1. The molecule has 0 spiro atoms. The van der Waals surface area contributed by atoms with Gasteiger partial charge in [-0.2, -0.15) is 0 Å². The number of hydrogen-bond acceptors (Lipinski definition) is 4. The smallest absolute Gasteiger partial charge is 0.330 e. The fourth-order valence-electron chi connectivity index (χ4n) is 2.88. The average Bonchev–Trinajstić information content (AvgIpc) is 2.68. The summed E-state index contributed by atoms with van der Waals surface area (Å²) in [6.45, 7) is 2.38. The van der Waals surface area contributed by atoms with E-state index in [1.165, 1.54) is 7.11 Å². The molecule has 0 unspecified atom stereocenters. The van der Waals surface area contributed by atoms with E-state index in [1.54, 1.807) is 13.1 Å². The van der Waals surface area contributed by atoms with Gasteiger partial charge >= 0.3 is 5.97 Å². The molecule has 5 heteroatoms. The van der Waals surface area contributed by atoms with Gasteiger partial charge in [0.05, 0.1) is 7.11 Å². The highest BCUT2D eigenvalue weighted by molar-refractivity contribution is 5.94. The zero-order valence-corrected chi connectivity index (χ0v) is 14.8. The number of carbonyl (C=O) groups excluding carboxylic acids is 2. The summed E-state index contributed by atoms with van der Waals surface area (Å²) in [5.74, 6) is -0.469. The van der Waals surface area contributed by atoms with E-state index < -0.39 is 5.54 Å². The zero-order chi connectivity index (χ0) is 18.3. The number of esters is 1. The topological polar surface area (TPSA) is 67.4 Å². The second kappa shape index (κ2) is 8.44. The molecular weight excluding hydrogens is 316 g/mol. The van der Waals surface area contributed by atoms with Gasteiger partial charge in [-0.05, 0) is 29.7 Å². The van der Waals surface area contributed by atoms with Gasteiger partial charge < -0.3 is 10.1 Å². The van der Waals surface area contributed by atoms with Gasteiger partial charge in [-0.1, -0.05) is 49.4 Å². The lowest BCUT2D eigenvalue weighted by atomic mass is 9.87. The van der Waals surface area contributed by atoms with Crippen molar-refractivity contribution in [3.63, 3.8) is 0 Å². The maximum Gasteiger partial charge on any atom is 0.330 e. The Bertz CT molecular complexity index is 731. The van der Waals surface area contributed by atoms with Crippen LogP contribution < -0.4 is 10.6 Å². The summed E-state index contributed by atoms with van der Waals surface area (Å²) < 4.78 is 5.06. The zero-order valence-electron chi connectivity index (χ0n) is 14.8. The number of carbonyl (C=O) groups is 2. The molecule has 25 heavy (non-hydrogen) atoms. The molecule has 2 aromatic carbocycles. The van der Waals surface area contributed by atoms with Gasteiger partial charge in [-0.25, -0.2) is 4.79 Å². The molecule has 1 atom stereocenters. The maximum absolute atomic E-state index is 12.6. The van der Waals surface area contributed by atoms with Gasteiger partial charge in [0, 0.05) is 19.2 Å². The summed E-state index contributed by atoms with van der Waals surface area (Å²) >= 11 is 0. The van der Waals surface area contributed by atoms with Crippen LogP contribution in [-0.2, 0) is 21.6 Å². The standard InChI is InChI=1S/C20H24N2O3/c1-4-20(19(24)25-3,17-11-6-5-7-12-17)22-14-15-9-8-10-16(13-15)18(23)21-2/h5-13,22H,4,14H2,1-3H3,(H,21,23)/t20-/m1/s1. The number of amides is 1. The van der Waals surface area contributed by atoms with E-state index in [9.17, 15) is 9.59 Å². The van der Waals surface area contributed by atoms with Crippen molar-refractivity contribution in [2.75, 3.05) is 14.2 Å². The molecule has 0 saturated heterocycles. The molecule has 2 rings (SSSR count). The fourth-order valence-corrected chi connectivity index (χ4v) is 2.88. The lowest BCUT2D eigenvalue weighted by molar-refractivity contribution is -0.149. The van der Waals surface area contributed by atoms with E-state index in [1.807, 2.05) is 55.5 Å². The van der Waals surface area contributed by atoms with Crippen LogP contribution in [0.4, 0.5) is 0 Å². The summed E-state index contributed by atoms with van der Waals surface area (Å²) in [5.41, 5.74) is 1.42. The molecule has 1 amide bonds. The van der Waals surface area contributed by atoms with Crippen LogP contribution in [0.5, 0.6) is 0 Å². The molecule has 0 bridgehead atoms. The number of nitrogens with one attached hydrogen (secondary N) is 2. The first-order valence-electron chi connectivity index (χ1n) is 8.27. The number of ether oxygens (including phenoxy) is 1. The Morgan fingerprint density at radius 1 is 1.08 bits per heavy atom. The van der Waals surface area contributed by atoms with Gasteiger partial charge in [-0.15, -0.1) is 0 Å². The summed E-state index contributed by atoms with van der Waals surface area (Å²) in [6.07, 6.45) is 0.540. The minimum Gasteiger partial charge on any atom is -0.467 e. The minimum absolute atomic E-state index is 0.139. The number of hydrogen-bond donors (Lipinski definition) is 2. The van der Waals surface area contributed by atoms with E-state index in [-0.39, 0.29) is 11.9 Å².